The summed E-state index contributed by atoms with van der Waals surface area (Å²) in [7, 11) is 1.64. The molecule has 3 rings (SSSR count). The number of carbonyl (C=O) groups excluding carboxylic acids is 1. The van der Waals surface area contributed by atoms with E-state index in [0.29, 0.717) is 5.56 Å². The lowest BCUT2D eigenvalue weighted by Crippen LogP contribution is -2.44. The Morgan fingerprint density at radius 3 is 2.56 bits per heavy atom. The molecule has 2 aromatic rings. The lowest BCUT2D eigenvalue weighted by atomic mass is 10.0. The molecule has 1 amide bonds. The Balaban J connectivity index is 1.50. The van der Waals surface area contributed by atoms with E-state index in [-0.39, 0.29) is 11.9 Å². The fourth-order valence-corrected chi connectivity index (χ4v) is 3.89. The highest BCUT2D eigenvalue weighted by Crippen LogP contribution is 2.22. The van der Waals surface area contributed by atoms with Crippen molar-refractivity contribution in [3.05, 3.63) is 63.2 Å². The molecule has 0 saturated carbocycles. The molecule has 4 nitrogen and oxygen atoms in total. The van der Waals surface area contributed by atoms with Crippen LogP contribution in [-0.4, -0.2) is 37.0 Å². The molecule has 1 aliphatic rings. The van der Waals surface area contributed by atoms with E-state index in [1.807, 2.05) is 24.3 Å². The SMILES string of the molecule is COc1ccc(C(=O)NC2CCN(Cc3ccccc3)CC2)cc1I. The average Bonchev–Trinajstić information content (AvgIpc) is 2.64. The second-order valence-electron chi connectivity index (χ2n) is 6.36. The van der Waals surface area contributed by atoms with Crippen LogP contribution in [0.5, 0.6) is 5.75 Å². The van der Waals surface area contributed by atoms with Gasteiger partial charge in [-0.3, -0.25) is 9.69 Å². The maximum atomic E-state index is 12.5. The molecular weight excluding hydrogens is 427 g/mol. The number of nitrogens with one attached hydrogen (secondary N) is 1. The van der Waals surface area contributed by atoms with E-state index >= 15 is 0 Å². The summed E-state index contributed by atoms with van der Waals surface area (Å²) in [5.74, 6) is 0.799. The first-order valence-electron chi connectivity index (χ1n) is 8.56. The van der Waals surface area contributed by atoms with Gasteiger partial charge < -0.3 is 10.1 Å². The van der Waals surface area contributed by atoms with E-state index in [0.717, 1.165) is 41.8 Å². The van der Waals surface area contributed by atoms with Gasteiger partial charge in [0.1, 0.15) is 5.75 Å². The molecule has 1 saturated heterocycles. The molecule has 25 heavy (non-hydrogen) atoms. The van der Waals surface area contributed by atoms with Crippen LogP contribution in [0.4, 0.5) is 0 Å². The molecule has 0 aliphatic carbocycles. The van der Waals surface area contributed by atoms with Gasteiger partial charge in [-0.05, 0) is 59.2 Å². The standard InChI is InChI=1S/C20H23IN2O2/c1-25-19-8-7-16(13-18(19)21)20(24)22-17-9-11-23(12-10-17)14-15-5-3-2-4-6-15/h2-8,13,17H,9-12,14H2,1H3,(H,22,24). The molecule has 1 N–H and O–H groups in total. The van der Waals surface area contributed by atoms with Crippen molar-refractivity contribution >= 4 is 28.5 Å². The number of benzene rings is 2. The van der Waals surface area contributed by atoms with Crippen molar-refractivity contribution in [2.75, 3.05) is 20.2 Å². The van der Waals surface area contributed by atoms with Crippen LogP contribution in [-0.2, 0) is 6.54 Å². The highest BCUT2D eigenvalue weighted by Gasteiger charge is 2.21. The van der Waals surface area contributed by atoms with Crippen LogP contribution in [0.3, 0.4) is 0 Å². The summed E-state index contributed by atoms with van der Waals surface area (Å²) in [4.78, 5) is 14.9. The first kappa shape index (κ1) is 18.2. The molecule has 1 fully saturated rings. The molecule has 0 spiro atoms. The molecule has 0 unspecified atom stereocenters. The Morgan fingerprint density at radius 1 is 1.20 bits per heavy atom. The van der Waals surface area contributed by atoms with E-state index in [4.69, 9.17) is 4.74 Å². The number of hydrogen-bond donors (Lipinski definition) is 1. The minimum Gasteiger partial charge on any atom is -0.496 e. The third kappa shape index (κ3) is 4.95. The number of carbonyl (C=O) groups is 1. The molecule has 0 atom stereocenters. The van der Waals surface area contributed by atoms with Gasteiger partial charge in [-0.1, -0.05) is 30.3 Å². The largest absolute Gasteiger partial charge is 0.496 e. The number of hydrogen-bond acceptors (Lipinski definition) is 3. The Labute approximate surface area is 162 Å². The lowest BCUT2D eigenvalue weighted by Gasteiger charge is -2.32. The zero-order chi connectivity index (χ0) is 17.6. The van der Waals surface area contributed by atoms with Crippen molar-refractivity contribution in [3.63, 3.8) is 0 Å². The second kappa shape index (κ2) is 8.67. The zero-order valence-corrected chi connectivity index (χ0v) is 16.5. The van der Waals surface area contributed by atoms with Crippen molar-refractivity contribution in [2.24, 2.45) is 0 Å². The van der Waals surface area contributed by atoms with Crippen molar-refractivity contribution in [1.82, 2.24) is 10.2 Å². The summed E-state index contributed by atoms with van der Waals surface area (Å²) < 4.78 is 6.20. The first-order chi connectivity index (χ1) is 12.2. The number of amides is 1. The summed E-state index contributed by atoms with van der Waals surface area (Å²) in [6, 6.07) is 16.3. The van der Waals surface area contributed by atoms with Gasteiger partial charge in [0.05, 0.1) is 10.7 Å². The molecule has 0 aromatic heterocycles. The molecule has 1 heterocycles. The van der Waals surface area contributed by atoms with Crippen LogP contribution in [0.15, 0.2) is 48.5 Å². The minimum atomic E-state index is 0.00192. The molecular formula is C20H23IN2O2. The highest BCUT2D eigenvalue weighted by molar-refractivity contribution is 14.1. The van der Waals surface area contributed by atoms with Gasteiger partial charge in [-0.2, -0.15) is 0 Å². The van der Waals surface area contributed by atoms with Crippen LogP contribution in [0, 0.1) is 3.57 Å². The number of piperidine rings is 1. The molecule has 0 radical (unpaired) electrons. The highest BCUT2D eigenvalue weighted by atomic mass is 127. The van der Waals surface area contributed by atoms with E-state index in [2.05, 4.69) is 57.1 Å². The maximum absolute atomic E-state index is 12.5. The molecule has 132 valence electrons. The monoisotopic (exact) mass is 450 g/mol. The minimum absolute atomic E-state index is 0.00192. The maximum Gasteiger partial charge on any atom is 0.251 e. The second-order valence-corrected chi connectivity index (χ2v) is 7.52. The topological polar surface area (TPSA) is 41.6 Å². The van der Waals surface area contributed by atoms with E-state index in [9.17, 15) is 4.79 Å². The predicted molar refractivity (Wildman–Crippen MR) is 108 cm³/mol. The van der Waals surface area contributed by atoms with Crippen LogP contribution >= 0.6 is 22.6 Å². The third-order valence-electron chi connectivity index (χ3n) is 4.59. The Bertz CT molecular complexity index is 713. The summed E-state index contributed by atoms with van der Waals surface area (Å²) in [5, 5.41) is 3.17. The number of ether oxygens (including phenoxy) is 1. The van der Waals surface area contributed by atoms with Gasteiger partial charge in [0, 0.05) is 31.2 Å². The molecule has 1 aliphatic heterocycles. The smallest absolute Gasteiger partial charge is 0.251 e. The average molecular weight is 450 g/mol. The molecule has 2 aromatic carbocycles. The summed E-state index contributed by atoms with van der Waals surface area (Å²) in [5.41, 5.74) is 2.04. The Kier molecular flexibility index (Phi) is 6.31. The van der Waals surface area contributed by atoms with Crippen LogP contribution < -0.4 is 10.1 Å². The Hall–Kier alpha value is -1.60. The van der Waals surface area contributed by atoms with Crippen molar-refractivity contribution in [1.29, 1.82) is 0 Å². The fourth-order valence-electron chi connectivity index (χ4n) is 3.15. The quantitative estimate of drug-likeness (QED) is 0.707. The van der Waals surface area contributed by atoms with E-state index in [1.165, 1.54) is 5.56 Å². The van der Waals surface area contributed by atoms with Crippen molar-refractivity contribution in [2.45, 2.75) is 25.4 Å². The number of likely N-dealkylation sites (tertiary alicyclic amines) is 1. The van der Waals surface area contributed by atoms with Crippen LogP contribution in [0.2, 0.25) is 0 Å². The third-order valence-corrected chi connectivity index (χ3v) is 5.43. The van der Waals surface area contributed by atoms with Crippen LogP contribution in [0.25, 0.3) is 0 Å². The summed E-state index contributed by atoms with van der Waals surface area (Å²) in [6.07, 6.45) is 1.98. The fraction of sp³-hybridized carbons (Fsp3) is 0.350. The van der Waals surface area contributed by atoms with Crippen molar-refractivity contribution in [3.8, 4) is 5.75 Å². The van der Waals surface area contributed by atoms with Crippen molar-refractivity contribution < 1.29 is 9.53 Å². The van der Waals surface area contributed by atoms with Gasteiger partial charge in [0.15, 0.2) is 0 Å². The molecule has 0 bridgehead atoms. The Morgan fingerprint density at radius 2 is 1.92 bits per heavy atom. The van der Waals surface area contributed by atoms with Gasteiger partial charge >= 0.3 is 0 Å². The normalized spacial score (nSPS) is 15.8. The van der Waals surface area contributed by atoms with E-state index in [1.54, 1.807) is 7.11 Å². The summed E-state index contributed by atoms with van der Waals surface area (Å²) in [6.45, 7) is 3.01. The number of nitrogens with zero attached hydrogens (tertiary/aromatic N) is 1. The van der Waals surface area contributed by atoms with Crippen LogP contribution in [0.1, 0.15) is 28.8 Å². The van der Waals surface area contributed by atoms with Gasteiger partial charge in [0.2, 0.25) is 0 Å². The number of halogens is 1. The van der Waals surface area contributed by atoms with E-state index < -0.39 is 0 Å². The number of rotatable bonds is 5. The zero-order valence-electron chi connectivity index (χ0n) is 14.4. The summed E-state index contributed by atoms with van der Waals surface area (Å²) >= 11 is 2.19. The predicted octanol–water partition coefficient (Wildman–Crippen LogP) is 3.69. The van der Waals surface area contributed by atoms with Gasteiger partial charge in [-0.15, -0.1) is 0 Å². The number of methoxy groups -OCH3 is 1. The van der Waals surface area contributed by atoms with Gasteiger partial charge in [-0.25, -0.2) is 0 Å². The van der Waals surface area contributed by atoms with Gasteiger partial charge in [0.25, 0.3) is 5.91 Å². The lowest BCUT2D eigenvalue weighted by molar-refractivity contribution is 0.0909. The first-order valence-corrected chi connectivity index (χ1v) is 9.64. The molecule has 5 heteroatoms.